The van der Waals surface area contributed by atoms with Gasteiger partial charge in [-0.25, -0.2) is 0 Å². The first-order valence-corrected chi connectivity index (χ1v) is 6.23. The molecule has 0 saturated heterocycles. The number of rotatable bonds is 7. The van der Waals surface area contributed by atoms with Gasteiger partial charge in [0.25, 0.3) is 5.91 Å². The first kappa shape index (κ1) is 15.9. The van der Waals surface area contributed by atoms with E-state index in [1.165, 1.54) is 25.3 Å². The number of nitrogens with zero attached hydrogens (tertiary/aromatic N) is 2. The van der Waals surface area contributed by atoms with Crippen molar-refractivity contribution in [1.29, 1.82) is 0 Å². The summed E-state index contributed by atoms with van der Waals surface area (Å²) in [5.74, 6) is -0.101. The molecule has 7 nitrogen and oxygen atoms in total. The van der Waals surface area contributed by atoms with Gasteiger partial charge < -0.3 is 15.0 Å². The second-order valence-electron chi connectivity index (χ2n) is 4.33. The number of amides is 1. The lowest BCUT2D eigenvalue weighted by Crippen LogP contribution is -2.29. The normalized spacial score (nSPS) is 10.2. The zero-order chi connectivity index (χ0) is 15.1. The van der Waals surface area contributed by atoms with Gasteiger partial charge in [-0.2, -0.15) is 0 Å². The maximum absolute atomic E-state index is 12.2. The molecule has 20 heavy (non-hydrogen) atoms. The summed E-state index contributed by atoms with van der Waals surface area (Å²) >= 11 is 0. The average Bonchev–Trinajstić information content (AvgIpc) is 2.45. The fraction of sp³-hybridized carbons (Fsp3) is 0.462. The van der Waals surface area contributed by atoms with E-state index in [9.17, 15) is 14.9 Å². The monoisotopic (exact) mass is 281 g/mol. The number of nitro benzene ring substituents is 1. The number of carbonyl (C=O) groups excluding carboxylic acids is 1. The molecule has 0 atom stereocenters. The highest BCUT2D eigenvalue weighted by atomic mass is 16.6. The molecule has 0 aliphatic carbocycles. The van der Waals surface area contributed by atoms with Gasteiger partial charge in [0.2, 0.25) is 0 Å². The zero-order valence-electron chi connectivity index (χ0n) is 11.9. The predicted octanol–water partition coefficient (Wildman–Crippen LogP) is 1.28. The third-order valence-corrected chi connectivity index (χ3v) is 2.89. The molecule has 1 N–H and O–H groups in total. The largest absolute Gasteiger partial charge is 0.490 e. The van der Waals surface area contributed by atoms with Crippen LogP contribution in [0.1, 0.15) is 16.8 Å². The van der Waals surface area contributed by atoms with E-state index in [2.05, 4.69) is 5.32 Å². The zero-order valence-corrected chi connectivity index (χ0v) is 11.9. The number of carbonyl (C=O) groups is 1. The molecule has 1 aromatic carbocycles. The smallest absolute Gasteiger partial charge is 0.311 e. The van der Waals surface area contributed by atoms with Gasteiger partial charge in [0, 0.05) is 25.2 Å². The van der Waals surface area contributed by atoms with Crippen molar-refractivity contribution in [3.63, 3.8) is 0 Å². The van der Waals surface area contributed by atoms with Crippen molar-refractivity contribution < 1.29 is 14.5 Å². The summed E-state index contributed by atoms with van der Waals surface area (Å²) in [6.07, 6.45) is 0.816. The van der Waals surface area contributed by atoms with Crippen molar-refractivity contribution in [1.82, 2.24) is 10.2 Å². The lowest BCUT2D eigenvalue weighted by molar-refractivity contribution is -0.385. The van der Waals surface area contributed by atoms with Crippen LogP contribution in [0, 0.1) is 10.1 Å². The summed E-state index contributed by atoms with van der Waals surface area (Å²) in [6, 6.07) is 4.21. The number of ether oxygens (including phenoxy) is 1. The molecule has 0 aliphatic rings. The van der Waals surface area contributed by atoms with Gasteiger partial charge in [-0.3, -0.25) is 14.9 Å². The Balaban J connectivity index is 2.88. The third kappa shape index (κ3) is 3.92. The van der Waals surface area contributed by atoms with Gasteiger partial charge >= 0.3 is 5.69 Å². The minimum atomic E-state index is -0.559. The summed E-state index contributed by atoms with van der Waals surface area (Å²) in [5.41, 5.74) is 0.0754. The predicted molar refractivity (Wildman–Crippen MR) is 75.2 cm³/mol. The fourth-order valence-corrected chi connectivity index (χ4v) is 1.78. The topological polar surface area (TPSA) is 84.7 Å². The van der Waals surface area contributed by atoms with Crippen LogP contribution in [0.4, 0.5) is 5.69 Å². The van der Waals surface area contributed by atoms with Gasteiger partial charge in [-0.1, -0.05) is 0 Å². The first-order valence-electron chi connectivity index (χ1n) is 6.23. The molecule has 0 fully saturated rings. The van der Waals surface area contributed by atoms with E-state index in [-0.39, 0.29) is 22.9 Å². The Morgan fingerprint density at radius 1 is 1.50 bits per heavy atom. The van der Waals surface area contributed by atoms with Crippen molar-refractivity contribution >= 4 is 11.6 Å². The van der Waals surface area contributed by atoms with E-state index in [0.717, 1.165) is 13.0 Å². The Morgan fingerprint density at radius 3 is 2.75 bits per heavy atom. The highest BCUT2D eigenvalue weighted by molar-refractivity contribution is 5.95. The standard InChI is InChI=1S/C13H19N3O4/c1-14-7-4-8-15(2)13(17)10-5-6-12(20-3)11(9-10)16(18)19/h5-6,9,14H,4,7-8H2,1-3H3. The van der Waals surface area contributed by atoms with Crippen molar-refractivity contribution in [2.45, 2.75) is 6.42 Å². The highest BCUT2D eigenvalue weighted by Gasteiger charge is 2.19. The maximum atomic E-state index is 12.2. The molecule has 7 heteroatoms. The van der Waals surface area contributed by atoms with Gasteiger partial charge in [0.15, 0.2) is 5.75 Å². The molecule has 0 heterocycles. The number of hydrogen-bond donors (Lipinski definition) is 1. The van der Waals surface area contributed by atoms with Gasteiger partial charge in [-0.15, -0.1) is 0 Å². The maximum Gasteiger partial charge on any atom is 0.311 e. The van der Waals surface area contributed by atoms with Crippen molar-refractivity contribution in [3.05, 3.63) is 33.9 Å². The second kappa shape index (κ2) is 7.44. The Kier molecular flexibility index (Phi) is 5.92. The molecular weight excluding hydrogens is 262 g/mol. The van der Waals surface area contributed by atoms with Gasteiger partial charge in [-0.05, 0) is 32.1 Å². The van der Waals surface area contributed by atoms with Crippen LogP contribution in [0.2, 0.25) is 0 Å². The molecule has 0 spiro atoms. The van der Waals surface area contributed by atoms with Gasteiger partial charge in [0.05, 0.1) is 12.0 Å². The number of nitro groups is 1. The lowest BCUT2D eigenvalue weighted by Gasteiger charge is -2.17. The molecule has 0 aromatic heterocycles. The second-order valence-corrected chi connectivity index (χ2v) is 4.33. The van der Waals surface area contributed by atoms with E-state index in [1.54, 1.807) is 11.9 Å². The van der Waals surface area contributed by atoms with Crippen molar-refractivity contribution in [2.24, 2.45) is 0 Å². The highest BCUT2D eigenvalue weighted by Crippen LogP contribution is 2.27. The van der Waals surface area contributed by atoms with Gasteiger partial charge in [0.1, 0.15) is 0 Å². The molecule has 0 saturated carbocycles. The molecule has 0 bridgehead atoms. The molecule has 1 amide bonds. The van der Waals surface area contributed by atoms with E-state index >= 15 is 0 Å². The van der Waals surface area contributed by atoms with Crippen LogP contribution < -0.4 is 10.1 Å². The number of nitrogens with one attached hydrogen (secondary N) is 1. The summed E-state index contributed by atoms with van der Waals surface area (Å²) in [4.78, 5) is 24.1. The molecule has 1 aromatic rings. The molecular formula is C13H19N3O4. The number of hydrogen-bond acceptors (Lipinski definition) is 5. The molecule has 0 aliphatic heterocycles. The Hall–Kier alpha value is -2.15. The average molecular weight is 281 g/mol. The summed E-state index contributed by atoms with van der Waals surface area (Å²) in [7, 11) is 4.87. The Morgan fingerprint density at radius 2 is 2.20 bits per heavy atom. The Labute approximate surface area is 117 Å². The van der Waals surface area contributed by atoms with E-state index in [1.807, 2.05) is 7.05 Å². The summed E-state index contributed by atoms with van der Waals surface area (Å²) in [5, 5.41) is 13.9. The first-order chi connectivity index (χ1) is 9.51. The van der Waals surface area contributed by atoms with Crippen LogP contribution in [0.3, 0.4) is 0 Å². The van der Waals surface area contributed by atoms with Crippen molar-refractivity contribution in [2.75, 3.05) is 34.3 Å². The lowest BCUT2D eigenvalue weighted by atomic mass is 10.1. The van der Waals surface area contributed by atoms with Crippen LogP contribution in [0.5, 0.6) is 5.75 Å². The van der Waals surface area contributed by atoms with E-state index in [0.29, 0.717) is 6.54 Å². The fourth-order valence-electron chi connectivity index (χ4n) is 1.78. The quantitative estimate of drug-likeness (QED) is 0.462. The Bertz CT molecular complexity index is 491. The van der Waals surface area contributed by atoms with Crippen LogP contribution >= 0.6 is 0 Å². The van der Waals surface area contributed by atoms with E-state index < -0.39 is 4.92 Å². The third-order valence-electron chi connectivity index (χ3n) is 2.89. The summed E-state index contributed by atoms with van der Waals surface area (Å²) < 4.78 is 4.91. The van der Waals surface area contributed by atoms with Crippen LogP contribution in [-0.2, 0) is 0 Å². The van der Waals surface area contributed by atoms with Crippen LogP contribution in [0.25, 0.3) is 0 Å². The molecule has 0 radical (unpaired) electrons. The minimum absolute atomic E-state index is 0.143. The molecule has 1 rings (SSSR count). The molecule has 110 valence electrons. The SMILES string of the molecule is CNCCCN(C)C(=O)c1ccc(OC)c([N+](=O)[O-])c1. The van der Waals surface area contributed by atoms with Crippen molar-refractivity contribution in [3.8, 4) is 5.75 Å². The summed E-state index contributed by atoms with van der Waals surface area (Å²) in [6.45, 7) is 1.39. The van der Waals surface area contributed by atoms with E-state index in [4.69, 9.17) is 4.74 Å². The minimum Gasteiger partial charge on any atom is -0.490 e. The number of methoxy groups -OCH3 is 1. The molecule has 0 unspecified atom stereocenters. The van der Waals surface area contributed by atoms with Crippen LogP contribution in [0.15, 0.2) is 18.2 Å². The van der Waals surface area contributed by atoms with Crippen LogP contribution in [-0.4, -0.2) is 50.0 Å². The number of benzene rings is 1.